The van der Waals surface area contributed by atoms with Crippen molar-refractivity contribution in [3.63, 3.8) is 0 Å². The highest BCUT2D eigenvalue weighted by atomic mass is 16.4. The first-order valence-electron chi connectivity index (χ1n) is 5.35. The predicted molar refractivity (Wildman–Crippen MR) is 60.9 cm³/mol. The summed E-state index contributed by atoms with van der Waals surface area (Å²) >= 11 is 0. The van der Waals surface area contributed by atoms with Crippen LogP contribution in [0.25, 0.3) is 0 Å². The van der Waals surface area contributed by atoms with E-state index in [1.165, 1.54) is 0 Å². The van der Waals surface area contributed by atoms with E-state index < -0.39 is 5.97 Å². The van der Waals surface area contributed by atoms with E-state index in [2.05, 4.69) is 5.10 Å². The molecule has 0 unspecified atom stereocenters. The van der Waals surface area contributed by atoms with Gasteiger partial charge in [0.1, 0.15) is 5.76 Å². The van der Waals surface area contributed by atoms with Crippen LogP contribution in [0.1, 0.15) is 22.7 Å². The molecule has 0 aliphatic heterocycles. The average molecular weight is 234 g/mol. The largest absolute Gasteiger partial charge is 0.481 e. The zero-order valence-electron chi connectivity index (χ0n) is 9.80. The van der Waals surface area contributed by atoms with Crippen LogP contribution in [0.2, 0.25) is 0 Å². The van der Waals surface area contributed by atoms with Gasteiger partial charge in [0, 0.05) is 11.3 Å². The summed E-state index contributed by atoms with van der Waals surface area (Å²) < 4.78 is 7.02. The molecule has 0 saturated heterocycles. The Kier molecular flexibility index (Phi) is 2.99. The highest BCUT2D eigenvalue weighted by Crippen LogP contribution is 2.15. The Hall–Kier alpha value is -2.04. The molecule has 0 aliphatic rings. The maximum absolute atomic E-state index is 10.7. The molecule has 0 aliphatic carbocycles. The number of carboxylic acids is 1. The van der Waals surface area contributed by atoms with E-state index in [4.69, 9.17) is 9.52 Å². The Morgan fingerprint density at radius 2 is 2.29 bits per heavy atom. The van der Waals surface area contributed by atoms with E-state index in [0.29, 0.717) is 6.54 Å². The number of carboxylic acid groups (broad SMARTS) is 1. The number of nitrogens with zero attached hydrogens (tertiary/aromatic N) is 2. The minimum absolute atomic E-state index is 0.00974. The topological polar surface area (TPSA) is 68.3 Å². The van der Waals surface area contributed by atoms with Crippen molar-refractivity contribution in [2.45, 2.75) is 26.8 Å². The lowest BCUT2D eigenvalue weighted by atomic mass is 10.1. The van der Waals surface area contributed by atoms with Gasteiger partial charge in [-0.25, -0.2) is 0 Å². The number of aryl methyl sites for hydroxylation is 1. The molecular weight excluding hydrogens is 220 g/mol. The number of carbonyl (C=O) groups is 1. The van der Waals surface area contributed by atoms with Crippen molar-refractivity contribution in [1.29, 1.82) is 0 Å². The molecule has 0 amide bonds. The third kappa shape index (κ3) is 2.38. The first-order chi connectivity index (χ1) is 8.08. The van der Waals surface area contributed by atoms with Gasteiger partial charge < -0.3 is 9.52 Å². The molecule has 90 valence electrons. The molecule has 0 bridgehead atoms. The first-order valence-corrected chi connectivity index (χ1v) is 5.35. The van der Waals surface area contributed by atoms with Gasteiger partial charge in [0.15, 0.2) is 0 Å². The number of aromatic nitrogens is 2. The van der Waals surface area contributed by atoms with E-state index in [-0.39, 0.29) is 6.42 Å². The molecule has 2 aromatic heterocycles. The maximum Gasteiger partial charge on any atom is 0.307 e. The van der Waals surface area contributed by atoms with Gasteiger partial charge in [0.2, 0.25) is 0 Å². The molecule has 17 heavy (non-hydrogen) atoms. The van der Waals surface area contributed by atoms with Crippen molar-refractivity contribution < 1.29 is 14.3 Å². The van der Waals surface area contributed by atoms with Crippen LogP contribution in [0.3, 0.4) is 0 Å². The molecule has 5 heteroatoms. The quantitative estimate of drug-likeness (QED) is 0.875. The molecule has 5 nitrogen and oxygen atoms in total. The second-order valence-electron chi connectivity index (χ2n) is 3.96. The fourth-order valence-corrected chi connectivity index (χ4v) is 1.85. The van der Waals surface area contributed by atoms with Crippen LogP contribution in [0.5, 0.6) is 0 Å². The normalized spacial score (nSPS) is 10.7. The summed E-state index contributed by atoms with van der Waals surface area (Å²) in [5.41, 5.74) is 2.42. The predicted octanol–water partition coefficient (Wildman–Crippen LogP) is 1.77. The molecule has 0 fully saturated rings. The summed E-state index contributed by atoms with van der Waals surface area (Å²) in [6, 6.07) is 3.69. The second kappa shape index (κ2) is 4.45. The van der Waals surface area contributed by atoms with Crippen molar-refractivity contribution >= 4 is 5.97 Å². The summed E-state index contributed by atoms with van der Waals surface area (Å²) in [5.74, 6) is -0.0359. The molecular formula is C12H14N2O3. The molecule has 0 saturated carbocycles. The molecule has 2 heterocycles. The van der Waals surface area contributed by atoms with Crippen molar-refractivity contribution in [2.75, 3.05) is 0 Å². The smallest absolute Gasteiger partial charge is 0.307 e. The van der Waals surface area contributed by atoms with Crippen LogP contribution >= 0.6 is 0 Å². The minimum Gasteiger partial charge on any atom is -0.481 e. The number of hydrogen-bond acceptors (Lipinski definition) is 3. The SMILES string of the molecule is Cc1nn(Cc2ccco2)c(C)c1CC(=O)O. The van der Waals surface area contributed by atoms with Crippen LogP contribution in [0, 0.1) is 13.8 Å². The summed E-state index contributed by atoms with van der Waals surface area (Å²) in [7, 11) is 0. The number of hydrogen-bond donors (Lipinski definition) is 1. The van der Waals surface area contributed by atoms with Crippen molar-refractivity contribution in [1.82, 2.24) is 9.78 Å². The Morgan fingerprint density at radius 3 is 2.88 bits per heavy atom. The molecule has 0 aromatic carbocycles. The zero-order chi connectivity index (χ0) is 12.4. The molecule has 2 rings (SSSR count). The standard InChI is InChI=1S/C12H14N2O3/c1-8-11(6-12(15)16)9(2)14(13-8)7-10-4-3-5-17-10/h3-5H,6-7H2,1-2H3,(H,15,16). The van der Waals surface area contributed by atoms with Gasteiger partial charge in [-0.2, -0.15) is 5.10 Å². The van der Waals surface area contributed by atoms with Crippen molar-refractivity contribution in [3.8, 4) is 0 Å². The van der Waals surface area contributed by atoms with Gasteiger partial charge in [0.25, 0.3) is 0 Å². The van der Waals surface area contributed by atoms with Crippen LogP contribution < -0.4 is 0 Å². The average Bonchev–Trinajstić information content (AvgIpc) is 2.83. The number of rotatable bonds is 4. The Morgan fingerprint density at radius 1 is 1.53 bits per heavy atom. The molecule has 2 aromatic rings. The summed E-state index contributed by atoms with van der Waals surface area (Å²) in [4.78, 5) is 10.7. The molecule has 0 atom stereocenters. The second-order valence-corrected chi connectivity index (χ2v) is 3.96. The van der Waals surface area contributed by atoms with Crippen LogP contribution in [-0.4, -0.2) is 20.9 Å². The first kappa shape index (κ1) is 11.4. The van der Waals surface area contributed by atoms with Gasteiger partial charge in [-0.15, -0.1) is 0 Å². The fourth-order valence-electron chi connectivity index (χ4n) is 1.85. The highest BCUT2D eigenvalue weighted by molar-refractivity contribution is 5.70. The monoisotopic (exact) mass is 234 g/mol. The van der Waals surface area contributed by atoms with Crippen LogP contribution in [-0.2, 0) is 17.8 Å². The van der Waals surface area contributed by atoms with Crippen LogP contribution in [0.4, 0.5) is 0 Å². The van der Waals surface area contributed by atoms with E-state index in [1.807, 2.05) is 26.0 Å². The Labute approximate surface area is 98.7 Å². The lowest BCUT2D eigenvalue weighted by Crippen LogP contribution is -2.05. The highest BCUT2D eigenvalue weighted by Gasteiger charge is 2.14. The van der Waals surface area contributed by atoms with Gasteiger partial charge in [0.05, 0.1) is 24.9 Å². The van der Waals surface area contributed by atoms with Crippen molar-refractivity contribution in [2.24, 2.45) is 0 Å². The van der Waals surface area contributed by atoms with Gasteiger partial charge in [-0.3, -0.25) is 9.48 Å². The third-order valence-electron chi connectivity index (χ3n) is 2.75. The summed E-state index contributed by atoms with van der Waals surface area (Å²) in [6.07, 6.45) is 1.62. The Balaban J connectivity index is 2.27. The zero-order valence-corrected chi connectivity index (χ0v) is 9.80. The Bertz CT molecular complexity index is 526. The van der Waals surface area contributed by atoms with E-state index in [1.54, 1.807) is 10.9 Å². The van der Waals surface area contributed by atoms with Gasteiger partial charge >= 0.3 is 5.97 Å². The molecule has 0 radical (unpaired) electrons. The lowest BCUT2D eigenvalue weighted by molar-refractivity contribution is -0.136. The maximum atomic E-state index is 10.7. The van der Waals surface area contributed by atoms with E-state index in [0.717, 1.165) is 22.7 Å². The summed E-state index contributed by atoms with van der Waals surface area (Å²) in [6.45, 7) is 4.23. The molecule has 0 spiro atoms. The van der Waals surface area contributed by atoms with Gasteiger partial charge in [-0.1, -0.05) is 0 Å². The third-order valence-corrected chi connectivity index (χ3v) is 2.75. The number of furan rings is 1. The minimum atomic E-state index is -0.839. The fraction of sp³-hybridized carbons (Fsp3) is 0.333. The lowest BCUT2D eigenvalue weighted by Gasteiger charge is -2.02. The number of aliphatic carboxylic acids is 1. The van der Waals surface area contributed by atoms with Crippen LogP contribution in [0.15, 0.2) is 22.8 Å². The van der Waals surface area contributed by atoms with E-state index in [9.17, 15) is 4.79 Å². The van der Waals surface area contributed by atoms with E-state index >= 15 is 0 Å². The summed E-state index contributed by atoms with van der Waals surface area (Å²) in [5, 5.41) is 13.2. The molecule has 1 N–H and O–H groups in total. The van der Waals surface area contributed by atoms with Crippen molar-refractivity contribution in [3.05, 3.63) is 41.1 Å². The van der Waals surface area contributed by atoms with Gasteiger partial charge in [-0.05, 0) is 26.0 Å².